The summed E-state index contributed by atoms with van der Waals surface area (Å²) in [5.74, 6) is 0.344. The summed E-state index contributed by atoms with van der Waals surface area (Å²) in [4.78, 5) is 0. The first kappa shape index (κ1) is 8.36. The van der Waals surface area contributed by atoms with Gasteiger partial charge in [-0.15, -0.1) is 0 Å². The molecule has 2 heteroatoms. The quantitative estimate of drug-likeness (QED) is 0.544. The lowest BCUT2D eigenvalue weighted by Gasteiger charge is -2.04. The number of nitrogen functional groups attached to an aromatic ring is 1. The lowest BCUT2D eigenvalue weighted by molar-refractivity contribution is 0.477. The van der Waals surface area contributed by atoms with Crippen LogP contribution in [-0.2, 0) is 6.42 Å². The van der Waals surface area contributed by atoms with Crippen molar-refractivity contribution in [2.75, 3.05) is 5.73 Å². The number of hydrogen-bond donors (Lipinski definition) is 2. The summed E-state index contributed by atoms with van der Waals surface area (Å²) < 4.78 is 0. The van der Waals surface area contributed by atoms with Crippen LogP contribution in [0.25, 0.3) is 11.1 Å². The van der Waals surface area contributed by atoms with E-state index in [1.807, 2.05) is 30.3 Å². The van der Waals surface area contributed by atoms with Crippen molar-refractivity contribution in [3.8, 4) is 16.9 Å². The van der Waals surface area contributed by atoms with Crippen LogP contribution < -0.4 is 5.73 Å². The third kappa shape index (κ3) is 1.05. The molecule has 0 amide bonds. The Morgan fingerprint density at radius 1 is 1.07 bits per heavy atom. The van der Waals surface area contributed by atoms with Crippen LogP contribution in [0.5, 0.6) is 5.75 Å². The zero-order chi connectivity index (χ0) is 10.4. The molecule has 3 rings (SSSR count). The Kier molecular flexibility index (Phi) is 1.54. The van der Waals surface area contributed by atoms with E-state index >= 15 is 0 Å². The van der Waals surface area contributed by atoms with E-state index < -0.39 is 0 Å². The van der Waals surface area contributed by atoms with Crippen molar-refractivity contribution in [1.29, 1.82) is 0 Å². The lowest BCUT2D eigenvalue weighted by Crippen LogP contribution is -1.91. The second-order valence-electron chi connectivity index (χ2n) is 3.86. The van der Waals surface area contributed by atoms with Gasteiger partial charge in [0.15, 0.2) is 0 Å². The number of phenolic OH excluding ortho intramolecular Hbond substituents is 1. The predicted octanol–water partition coefficient (Wildman–Crippen LogP) is 2.55. The van der Waals surface area contributed by atoms with Crippen LogP contribution in [0.2, 0.25) is 0 Å². The Balaban J connectivity index is 2.36. The normalized spacial score (nSPS) is 12.3. The molecular weight excluding hydrogens is 186 g/mol. The highest BCUT2D eigenvalue weighted by Gasteiger charge is 2.22. The number of fused-ring (bicyclic) bond motifs is 3. The molecule has 0 aromatic heterocycles. The molecule has 0 atom stereocenters. The molecule has 0 bridgehead atoms. The summed E-state index contributed by atoms with van der Waals surface area (Å²) in [6.45, 7) is 0. The lowest BCUT2D eigenvalue weighted by atomic mass is 10.0. The van der Waals surface area contributed by atoms with E-state index in [-0.39, 0.29) is 0 Å². The smallest absolute Gasteiger partial charge is 0.123 e. The summed E-state index contributed by atoms with van der Waals surface area (Å²) in [6.07, 6.45) is 0.825. The fraction of sp³-hybridized carbons (Fsp3) is 0.0769. The molecule has 0 saturated carbocycles. The van der Waals surface area contributed by atoms with Crippen molar-refractivity contribution in [1.82, 2.24) is 0 Å². The van der Waals surface area contributed by atoms with Crippen LogP contribution in [0.3, 0.4) is 0 Å². The summed E-state index contributed by atoms with van der Waals surface area (Å²) >= 11 is 0. The van der Waals surface area contributed by atoms with Gasteiger partial charge in [0.05, 0.1) is 0 Å². The van der Waals surface area contributed by atoms with Gasteiger partial charge in [-0.2, -0.15) is 0 Å². The van der Waals surface area contributed by atoms with Gasteiger partial charge in [0.1, 0.15) is 5.75 Å². The predicted molar refractivity (Wildman–Crippen MR) is 60.8 cm³/mol. The molecular formula is C13H11NO. The first-order chi connectivity index (χ1) is 7.27. The maximum atomic E-state index is 9.83. The first-order valence-corrected chi connectivity index (χ1v) is 4.96. The topological polar surface area (TPSA) is 46.2 Å². The third-order valence-electron chi connectivity index (χ3n) is 2.98. The van der Waals surface area contributed by atoms with Gasteiger partial charge in [-0.1, -0.05) is 24.3 Å². The molecule has 0 spiro atoms. The largest absolute Gasteiger partial charge is 0.507 e. The van der Waals surface area contributed by atoms with Crippen LogP contribution in [-0.4, -0.2) is 5.11 Å². The Morgan fingerprint density at radius 2 is 1.87 bits per heavy atom. The van der Waals surface area contributed by atoms with E-state index in [4.69, 9.17) is 5.73 Å². The van der Waals surface area contributed by atoms with Crippen molar-refractivity contribution in [3.63, 3.8) is 0 Å². The second-order valence-corrected chi connectivity index (χ2v) is 3.86. The number of rotatable bonds is 0. The number of benzene rings is 2. The maximum Gasteiger partial charge on any atom is 0.123 e. The summed E-state index contributed by atoms with van der Waals surface area (Å²) in [6, 6.07) is 11.5. The average molecular weight is 197 g/mol. The van der Waals surface area contributed by atoms with Crippen molar-refractivity contribution in [3.05, 3.63) is 47.5 Å². The standard InChI is InChI=1S/C13H11NO/c14-11-5-2-4-9-10(11)7-8-3-1-6-12(15)13(8)9/h1-6,15H,7,14H2. The monoisotopic (exact) mass is 197 g/mol. The molecule has 0 fully saturated rings. The van der Waals surface area contributed by atoms with Crippen molar-refractivity contribution in [2.45, 2.75) is 6.42 Å². The molecule has 2 aromatic carbocycles. The highest BCUT2D eigenvalue weighted by atomic mass is 16.3. The zero-order valence-electron chi connectivity index (χ0n) is 8.20. The highest BCUT2D eigenvalue weighted by Crippen LogP contribution is 2.43. The van der Waals surface area contributed by atoms with Gasteiger partial charge in [-0.05, 0) is 28.8 Å². The van der Waals surface area contributed by atoms with Gasteiger partial charge in [0.2, 0.25) is 0 Å². The molecule has 15 heavy (non-hydrogen) atoms. The van der Waals surface area contributed by atoms with Crippen molar-refractivity contribution < 1.29 is 5.11 Å². The Hall–Kier alpha value is -1.96. The maximum absolute atomic E-state index is 9.83. The summed E-state index contributed by atoms with van der Waals surface area (Å²) in [7, 11) is 0. The fourth-order valence-electron chi connectivity index (χ4n) is 2.27. The Morgan fingerprint density at radius 3 is 2.73 bits per heavy atom. The van der Waals surface area contributed by atoms with E-state index in [1.54, 1.807) is 6.07 Å². The first-order valence-electron chi connectivity index (χ1n) is 4.96. The van der Waals surface area contributed by atoms with Gasteiger partial charge in [0.25, 0.3) is 0 Å². The summed E-state index contributed by atoms with van der Waals surface area (Å²) in [5, 5.41) is 9.83. The summed E-state index contributed by atoms with van der Waals surface area (Å²) in [5.41, 5.74) is 11.0. The minimum Gasteiger partial charge on any atom is -0.507 e. The molecule has 1 aliphatic rings. The van der Waals surface area contributed by atoms with E-state index in [9.17, 15) is 5.11 Å². The minimum absolute atomic E-state index is 0.344. The number of anilines is 1. The van der Waals surface area contributed by atoms with E-state index in [0.29, 0.717) is 5.75 Å². The molecule has 0 unspecified atom stereocenters. The average Bonchev–Trinajstić information content (AvgIpc) is 2.59. The number of phenols is 1. The minimum atomic E-state index is 0.344. The highest BCUT2D eigenvalue weighted by molar-refractivity contribution is 5.84. The van der Waals surface area contributed by atoms with Gasteiger partial charge in [-0.3, -0.25) is 0 Å². The third-order valence-corrected chi connectivity index (χ3v) is 2.98. The molecule has 0 radical (unpaired) electrons. The molecule has 0 aliphatic heterocycles. The molecule has 1 aliphatic carbocycles. The molecule has 74 valence electrons. The van der Waals surface area contributed by atoms with Crippen LogP contribution in [0.4, 0.5) is 5.69 Å². The van der Waals surface area contributed by atoms with E-state index in [1.165, 1.54) is 0 Å². The van der Waals surface area contributed by atoms with Gasteiger partial charge < -0.3 is 10.8 Å². The van der Waals surface area contributed by atoms with Gasteiger partial charge >= 0.3 is 0 Å². The second kappa shape index (κ2) is 2.76. The van der Waals surface area contributed by atoms with Crippen molar-refractivity contribution >= 4 is 5.69 Å². The van der Waals surface area contributed by atoms with E-state index in [0.717, 1.165) is 34.4 Å². The molecule has 0 heterocycles. The van der Waals surface area contributed by atoms with Crippen LogP contribution in [0, 0.1) is 0 Å². The van der Waals surface area contributed by atoms with Crippen LogP contribution in [0.1, 0.15) is 11.1 Å². The van der Waals surface area contributed by atoms with Gasteiger partial charge in [0, 0.05) is 17.7 Å². The molecule has 3 N–H and O–H groups in total. The van der Waals surface area contributed by atoms with Gasteiger partial charge in [-0.25, -0.2) is 0 Å². The molecule has 0 saturated heterocycles. The SMILES string of the molecule is Nc1cccc2c1Cc1cccc(O)c1-2. The zero-order valence-corrected chi connectivity index (χ0v) is 8.20. The molecule has 2 aromatic rings. The number of nitrogens with two attached hydrogens (primary N) is 1. The fourth-order valence-corrected chi connectivity index (χ4v) is 2.27. The van der Waals surface area contributed by atoms with E-state index in [2.05, 4.69) is 0 Å². The van der Waals surface area contributed by atoms with Crippen LogP contribution >= 0.6 is 0 Å². The molecule has 2 nitrogen and oxygen atoms in total. The Labute approximate surface area is 88.0 Å². The van der Waals surface area contributed by atoms with Crippen LogP contribution in [0.15, 0.2) is 36.4 Å². The Bertz CT molecular complexity index is 546. The van der Waals surface area contributed by atoms with Crippen molar-refractivity contribution in [2.24, 2.45) is 0 Å². The number of aromatic hydroxyl groups is 1. The number of hydrogen-bond acceptors (Lipinski definition) is 2.